The van der Waals surface area contributed by atoms with Crippen molar-refractivity contribution in [2.45, 2.75) is 19.8 Å². The van der Waals surface area contributed by atoms with E-state index in [0.717, 1.165) is 22.5 Å². The number of hydrogen-bond donors (Lipinski definition) is 0. The number of carbonyl (C=O) groups excluding carboxylic acids is 1. The summed E-state index contributed by atoms with van der Waals surface area (Å²) in [5.41, 5.74) is 4.28. The number of aromatic nitrogens is 5. The summed E-state index contributed by atoms with van der Waals surface area (Å²) in [4.78, 5) is 23.3. The van der Waals surface area contributed by atoms with Gasteiger partial charge in [-0.15, -0.1) is 0 Å². The highest BCUT2D eigenvalue weighted by atomic mass is 16.5. The van der Waals surface area contributed by atoms with Crippen molar-refractivity contribution in [3.8, 4) is 11.3 Å². The Labute approximate surface area is 144 Å². The minimum Gasteiger partial charge on any atom is -0.361 e. The molecule has 1 aliphatic heterocycles. The largest absolute Gasteiger partial charge is 0.361 e. The van der Waals surface area contributed by atoms with Crippen LogP contribution in [0.25, 0.3) is 11.3 Å². The number of carbonyl (C=O) groups is 1. The first kappa shape index (κ1) is 15.5. The maximum Gasteiger partial charge on any atom is 0.276 e. The van der Waals surface area contributed by atoms with Crippen molar-refractivity contribution < 1.29 is 9.32 Å². The smallest absolute Gasteiger partial charge is 0.276 e. The summed E-state index contributed by atoms with van der Waals surface area (Å²) >= 11 is 0. The summed E-state index contributed by atoms with van der Waals surface area (Å²) in [6, 6.07) is 1.67. The molecule has 4 heterocycles. The third kappa shape index (κ3) is 2.90. The molecular weight excluding hydrogens is 320 g/mol. The molecule has 0 atom stereocenters. The Hall–Kier alpha value is -3.03. The lowest BCUT2D eigenvalue weighted by molar-refractivity contribution is 0.0752. The van der Waals surface area contributed by atoms with Gasteiger partial charge in [-0.1, -0.05) is 5.16 Å². The third-order valence-corrected chi connectivity index (χ3v) is 4.40. The zero-order valence-electron chi connectivity index (χ0n) is 14.1. The molecule has 3 aromatic rings. The van der Waals surface area contributed by atoms with E-state index >= 15 is 0 Å². The van der Waals surface area contributed by atoms with Crippen LogP contribution in [0.2, 0.25) is 0 Å². The van der Waals surface area contributed by atoms with E-state index in [0.29, 0.717) is 37.4 Å². The summed E-state index contributed by atoms with van der Waals surface area (Å²) in [5, 5.41) is 8.06. The lowest BCUT2D eigenvalue weighted by atomic mass is 10.0. The Balaban J connectivity index is 1.61. The predicted molar refractivity (Wildman–Crippen MR) is 88.8 cm³/mol. The van der Waals surface area contributed by atoms with Gasteiger partial charge in [0, 0.05) is 55.6 Å². The van der Waals surface area contributed by atoms with Crippen LogP contribution < -0.4 is 0 Å². The van der Waals surface area contributed by atoms with E-state index in [4.69, 9.17) is 4.52 Å². The van der Waals surface area contributed by atoms with E-state index in [1.54, 1.807) is 35.1 Å². The molecule has 0 saturated heterocycles. The third-order valence-electron chi connectivity index (χ3n) is 4.40. The Bertz CT molecular complexity index is 929. The van der Waals surface area contributed by atoms with Crippen molar-refractivity contribution in [2.24, 2.45) is 7.05 Å². The first-order valence-electron chi connectivity index (χ1n) is 8.16. The molecule has 8 heteroatoms. The molecule has 0 aromatic carbocycles. The van der Waals surface area contributed by atoms with Gasteiger partial charge < -0.3 is 9.42 Å². The number of aryl methyl sites for hydroxylation is 2. The molecular formula is C17H18N6O2. The number of nitrogens with zero attached hydrogens (tertiary/aromatic N) is 6. The maximum absolute atomic E-state index is 12.6. The lowest BCUT2D eigenvalue weighted by Gasteiger charge is -2.18. The van der Waals surface area contributed by atoms with Crippen LogP contribution in [0.4, 0.5) is 0 Å². The molecule has 3 aromatic heterocycles. The van der Waals surface area contributed by atoms with Crippen LogP contribution in [-0.4, -0.2) is 48.8 Å². The number of rotatable bonds is 2. The molecule has 0 unspecified atom stereocenters. The van der Waals surface area contributed by atoms with Gasteiger partial charge in [-0.3, -0.25) is 9.48 Å². The summed E-state index contributed by atoms with van der Waals surface area (Å²) < 4.78 is 6.77. The van der Waals surface area contributed by atoms with E-state index in [9.17, 15) is 4.79 Å². The molecule has 0 bridgehead atoms. The van der Waals surface area contributed by atoms with Gasteiger partial charge in [-0.2, -0.15) is 5.10 Å². The lowest BCUT2D eigenvalue weighted by Crippen LogP contribution is -2.33. The fourth-order valence-electron chi connectivity index (χ4n) is 3.15. The Kier molecular flexibility index (Phi) is 3.79. The highest BCUT2D eigenvalue weighted by molar-refractivity contribution is 5.92. The van der Waals surface area contributed by atoms with Gasteiger partial charge in [0.2, 0.25) is 0 Å². The minimum atomic E-state index is -0.111. The van der Waals surface area contributed by atoms with Crippen molar-refractivity contribution in [3.05, 3.63) is 47.5 Å². The van der Waals surface area contributed by atoms with Crippen LogP contribution in [0.5, 0.6) is 0 Å². The monoisotopic (exact) mass is 338 g/mol. The second kappa shape index (κ2) is 6.12. The highest BCUT2D eigenvalue weighted by Gasteiger charge is 2.24. The molecule has 0 fully saturated rings. The molecule has 1 aliphatic rings. The average molecular weight is 338 g/mol. The molecule has 0 saturated carbocycles. The molecule has 25 heavy (non-hydrogen) atoms. The van der Waals surface area contributed by atoms with Gasteiger partial charge in [0.1, 0.15) is 12.1 Å². The average Bonchev–Trinajstić information content (AvgIpc) is 3.17. The fraction of sp³-hybridized carbons (Fsp3) is 0.353. The van der Waals surface area contributed by atoms with Gasteiger partial charge in [-0.25, -0.2) is 9.97 Å². The number of fused-ring (bicyclic) bond motifs is 1. The summed E-state index contributed by atoms with van der Waals surface area (Å²) in [6.45, 7) is 2.97. The van der Waals surface area contributed by atoms with E-state index in [-0.39, 0.29) is 5.91 Å². The standard InChI is InChI=1S/C17H18N6O2/c1-11-7-15(21-25-11)17(24)23-5-3-13-14(4-6-23)18-10-19-16(13)12-8-20-22(2)9-12/h7-10H,3-6H2,1-2H3. The van der Waals surface area contributed by atoms with Gasteiger partial charge in [0.15, 0.2) is 5.69 Å². The van der Waals surface area contributed by atoms with E-state index in [1.165, 1.54) is 0 Å². The quantitative estimate of drug-likeness (QED) is 0.702. The van der Waals surface area contributed by atoms with Gasteiger partial charge >= 0.3 is 0 Å². The zero-order valence-corrected chi connectivity index (χ0v) is 14.1. The van der Waals surface area contributed by atoms with Crippen LogP contribution in [0.15, 0.2) is 29.3 Å². The number of amides is 1. The Morgan fingerprint density at radius 3 is 2.80 bits per heavy atom. The molecule has 1 amide bonds. The fourth-order valence-corrected chi connectivity index (χ4v) is 3.15. The topological polar surface area (TPSA) is 89.9 Å². The van der Waals surface area contributed by atoms with Crippen LogP contribution in [-0.2, 0) is 19.9 Å². The summed E-state index contributed by atoms with van der Waals surface area (Å²) in [6.07, 6.45) is 6.71. The summed E-state index contributed by atoms with van der Waals surface area (Å²) in [5.74, 6) is 0.520. The van der Waals surface area contributed by atoms with Crippen molar-refractivity contribution in [2.75, 3.05) is 13.1 Å². The van der Waals surface area contributed by atoms with Crippen LogP contribution in [0, 0.1) is 6.92 Å². The van der Waals surface area contributed by atoms with Gasteiger partial charge in [0.05, 0.1) is 11.9 Å². The first-order valence-corrected chi connectivity index (χ1v) is 8.16. The molecule has 8 nitrogen and oxygen atoms in total. The van der Waals surface area contributed by atoms with E-state index in [1.807, 2.05) is 13.2 Å². The minimum absolute atomic E-state index is 0.111. The van der Waals surface area contributed by atoms with Crippen molar-refractivity contribution >= 4 is 5.91 Å². The van der Waals surface area contributed by atoms with Crippen molar-refractivity contribution in [1.82, 2.24) is 29.8 Å². The molecule has 128 valence electrons. The Morgan fingerprint density at radius 1 is 1.24 bits per heavy atom. The van der Waals surface area contributed by atoms with E-state index in [2.05, 4.69) is 20.2 Å². The van der Waals surface area contributed by atoms with Crippen LogP contribution in [0.3, 0.4) is 0 Å². The zero-order chi connectivity index (χ0) is 17.4. The van der Waals surface area contributed by atoms with Gasteiger partial charge in [-0.05, 0) is 13.3 Å². The Morgan fingerprint density at radius 2 is 2.08 bits per heavy atom. The predicted octanol–water partition coefficient (Wildman–Crippen LogP) is 1.41. The van der Waals surface area contributed by atoms with Gasteiger partial charge in [0.25, 0.3) is 5.91 Å². The number of hydrogen-bond acceptors (Lipinski definition) is 6. The second-order valence-corrected chi connectivity index (χ2v) is 6.17. The molecule has 4 rings (SSSR count). The highest BCUT2D eigenvalue weighted by Crippen LogP contribution is 2.25. The normalized spacial score (nSPS) is 14.2. The first-order chi connectivity index (χ1) is 12.1. The van der Waals surface area contributed by atoms with E-state index < -0.39 is 0 Å². The van der Waals surface area contributed by atoms with Crippen molar-refractivity contribution in [3.63, 3.8) is 0 Å². The molecule has 0 aliphatic carbocycles. The molecule has 0 N–H and O–H groups in total. The van der Waals surface area contributed by atoms with Crippen LogP contribution in [0.1, 0.15) is 27.5 Å². The SMILES string of the molecule is Cc1cc(C(=O)N2CCc3ncnc(-c4cnn(C)c4)c3CC2)no1. The van der Waals surface area contributed by atoms with Crippen LogP contribution >= 0.6 is 0 Å². The van der Waals surface area contributed by atoms with Crippen molar-refractivity contribution in [1.29, 1.82) is 0 Å². The second-order valence-electron chi connectivity index (χ2n) is 6.17. The molecule has 0 radical (unpaired) electrons. The summed E-state index contributed by atoms with van der Waals surface area (Å²) in [7, 11) is 1.88. The maximum atomic E-state index is 12.6. The molecule has 0 spiro atoms.